The summed E-state index contributed by atoms with van der Waals surface area (Å²) in [5.41, 5.74) is 2.29. The first-order chi connectivity index (χ1) is 10.8. The van der Waals surface area contributed by atoms with Gasteiger partial charge < -0.3 is 5.32 Å². The Morgan fingerprint density at radius 1 is 1.32 bits per heavy atom. The highest BCUT2D eigenvalue weighted by atomic mass is 79.9. The molecule has 0 saturated carbocycles. The lowest BCUT2D eigenvalue weighted by molar-refractivity contribution is 0.186. The number of hydrogen-bond donors (Lipinski definition) is 1. The van der Waals surface area contributed by atoms with E-state index in [1.165, 1.54) is 36.5 Å². The largest absolute Gasteiger partial charge is 0.312 e. The smallest absolute Gasteiger partial charge is 0.0948 e. The first-order valence-electron chi connectivity index (χ1n) is 7.96. The van der Waals surface area contributed by atoms with E-state index >= 15 is 0 Å². The summed E-state index contributed by atoms with van der Waals surface area (Å²) >= 11 is 5.33. The summed E-state index contributed by atoms with van der Waals surface area (Å²) in [4.78, 5) is 7.52. The summed E-state index contributed by atoms with van der Waals surface area (Å²) in [6.07, 6.45) is 3.67. The van der Waals surface area contributed by atoms with Crippen molar-refractivity contribution in [1.82, 2.24) is 15.2 Å². The van der Waals surface area contributed by atoms with Crippen molar-refractivity contribution in [2.75, 3.05) is 19.6 Å². The first-order valence-corrected chi connectivity index (χ1v) is 9.63. The zero-order chi connectivity index (χ0) is 14.9. The molecule has 3 aliphatic rings. The van der Waals surface area contributed by atoms with Crippen LogP contribution in [-0.2, 0) is 6.42 Å². The molecule has 0 radical (unpaired) electrons. The Kier molecular flexibility index (Phi) is 4.31. The maximum atomic E-state index is 4.87. The van der Waals surface area contributed by atoms with Gasteiger partial charge in [-0.15, -0.1) is 11.3 Å². The highest BCUT2D eigenvalue weighted by molar-refractivity contribution is 9.10. The number of benzene rings is 1. The third kappa shape index (κ3) is 3.13. The Bertz CT molecular complexity index is 649. The van der Waals surface area contributed by atoms with E-state index in [2.05, 4.69) is 55.8 Å². The van der Waals surface area contributed by atoms with Crippen molar-refractivity contribution < 1.29 is 0 Å². The molecule has 2 bridgehead atoms. The topological polar surface area (TPSA) is 28.2 Å². The van der Waals surface area contributed by atoms with E-state index < -0.39 is 0 Å². The summed E-state index contributed by atoms with van der Waals surface area (Å²) in [6, 6.07) is 9.73. The minimum atomic E-state index is 0.606. The molecule has 4 heterocycles. The number of nitrogens with one attached hydrogen (secondary N) is 1. The number of thiazole rings is 1. The van der Waals surface area contributed by atoms with Gasteiger partial charge in [-0.2, -0.15) is 0 Å². The second-order valence-electron chi connectivity index (χ2n) is 6.21. The van der Waals surface area contributed by atoms with Crippen LogP contribution < -0.4 is 5.32 Å². The Morgan fingerprint density at radius 3 is 3.00 bits per heavy atom. The molecule has 3 saturated heterocycles. The molecular weight excluding hydrogens is 358 g/mol. The summed E-state index contributed by atoms with van der Waals surface area (Å²) < 4.78 is 1.11. The Labute approximate surface area is 143 Å². The van der Waals surface area contributed by atoms with Gasteiger partial charge in [0.25, 0.3) is 0 Å². The summed E-state index contributed by atoms with van der Waals surface area (Å²) in [5, 5.41) is 7.16. The molecule has 0 spiro atoms. The van der Waals surface area contributed by atoms with E-state index in [0.717, 1.165) is 29.2 Å². The van der Waals surface area contributed by atoms with Gasteiger partial charge in [0.05, 0.1) is 10.7 Å². The maximum absolute atomic E-state index is 4.87. The molecule has 1 N–H and O–H groups in total. The molecule has 0 aliphatic carbocycles. The van der Waals surface area contributed by atoms with Crippen LogP contribution in [0.4, 0.5) is 0 Å². The maximum Gasteiger partial charge on any atom is 0.0948 e. The third-order valence-electron chi connectivity index (χ3n) is 4.77. The van der Waals surface area contributed by atoms with E-state index in [0.29, 0.717) is 6.04 Å². The van der Waals surface area contributed by atoms with Gasteiger partial charge >= 0.3 is 0 Å². The van der Waals surface area contributed by atoms with Crippen LogP contribution in [0.2, 0.25) is 0 Å². The quantitative estimate of drug-likeness (QED) is 0.886. The second kappa shape index (κ2) is 6.40. The summed E-state index contributed by atoms with van der Waals surface area (Å²) in [7, 11) is 0. The fraction of sp³-hybridized carbons (Fsp3) is 0.471. The van der Waals surface area contributed by atoms with Gasteiger partial charge in [0.15, 0.2) is 0 Å². The van der Waals surface area contributed by atoms with Gasteiger partial charge in [-0.3, -0.25) is 4.90 Å². The number of piperidine rings is 1. The van der Waals surface area contributed by atoms with Crippen LogP contribution in [0.15, 0.2) is 34.1 Å². The fourth-order valence-corrected chi connectivity index (χ4v) is 4.76. The molecule has 5 rings (SSSR count). The van der Waals surface area contributed by atoms with Crippen molar-refractivity contribution in [3.8, 4) is 11.3 Å². The molecule has 1 aromatic carbocycles. The number of rotatable bonds is 3. The third-order valence-corrected chi connectivity index (χ3v) is 6.13. The van der Waals surface area contributed by atoms with Gasteiger partial charge in [0.2, 0.25) is 0 Å². The van der Waals surface area contributed by atoms with Gasteiger partial charge in [-0.25, -0.2) is 4.98 Å². The van der Waals surface area contributed by atoms with Crippen molar-refractivity contribution in [3.63, 3.8) is 0 Å². The molecular formula is C17H20BrN3S. The Hall–Kier alpha value is -0.750. The van der Waals surface area contributed by atoms with Crippen molar-refractivity contribution in [3.05, 3.63) is 39.1 Å². The predicted molar refractivity (Wildman–Crippen MR) is 95.3 cm³/mol. The Balaban J connectivity index is 1.50. The van der Waals surface area contributed by atoms with Crippen LogP contribution in [0.3, 0.4) is 0 Å². The van der Waals surface area contributed by atoms with Gasteiger partial charge in [0, 0.05) is 40.5 Å². The Morgan fingerprint density at radius 2 is 2.18 bits per heavy atom. The molecule has 1 atom stereocenters. The van der Waals surface area contributed by atoms with Gasteiger partial charge in [-0.05, 0) is 38.1 Å². The standard InChI is InChI=1S/C17H20BrN3S/c18-13-3-1-2-12(8-13)16-11-22-17(20-16)9-15-10-19-14-4-6-21(15)7-5-14/h1-3,8,11,14-15,19H,4-7,9-10H2. The van der Waals surface area contributed by atoms with Crippen LogP contribution in [0.5, 0.6) is 0 Å². The van der Waals surface area contributed by atoms with E-state index in [1.54, 1.807) is 11.3 Å². The molecule has 22 heavy (non-hydrogen) atoms. The van der Waals surface area contributed by atoms with Gasteiger partial charge in [0.1, 0.15) is 0 Å². The molecule has 116 valence electrons. The first kappa shape index (κ1) is 14.8. The molecule has 2 aromatic rings. The summed E-state index contributed by atoms with van der Waals surface area (Å²) in [6.45, 7) is 3.59. The fourth-order valence-electron chi connectivity index (χ4n) is 3.49. The van der Waals surface area contributed by atoms with Crippen LogP contribution in [-0.4, -0.2) is 41.6 Å². The minimum absolute atomic E-state index is 0.606. The molecule has 1 unspecified atom stereocenters. The monoisotopic (exact) mass is 377 g/mol. The number of fused-ring (bicyclic) bond motifs is 4. The van der Waals surface area contributed by atoms with Crippen molar-refractivity contribution in [2.45, 2.75) is 31.3 Å². The summed E-state index contributed by atoms with van der Waals surface area (Å²) in [5.74, 6) is 0. The highest BCUT2D eigenvalue weighted by Gasteiger charge is 2.30. The van der Waals surface area contributed by atoms with Crippen LogP contribution in [0.25, 0.3) is 11.3 Å². The van der Waals surface area contributed by atoms with Crippen molar-refractivity contribution in [2.24, 2.45) is 0 Å². The van der Waals surface area contributed by atoms with Gasteiger partial charge in [-0.1, -0.05) is 28.1 Å². The van der Waals surface area contributed by atoms with Crippen molar-refractivity contribution >= 4 is 27.3 Å². The lowest BCUT2D eigenvalue weighted by atomic mass is 10.1. The zero-order valence-corrected chi connectivity index (χ0v) is 14.9. The predicted octanol–water partition coefficient (Wildman–Crippen LogP) is 3.55. The highest BCUT2D eigenvalue weighted by Crippen LogP contribution is 2.26. The average molecular weight is 378 g/mol. The van der Waals surface area contributed by atoms with Crippen LogP contribution in [0, 0.1) is 0 Å². The molecule has 0 amide bonds. The van der Waals surface area contributed by atoms with E-state index in [-0.39, 0.29) is 0 Å². The molecule has 1 aromatic heterocycles. The lowest BCUT2D eigenvalue weighted by Crippen LogP contribution is -2.41. The van der Waals surface area contributed by atoms with E-state index in [1.807, 2.05) is 0 Å². The zero-order valence-electron chi connectivity index (χ0n) is 12.5. The van der Waals surface area contributed by atoms with Crippen molar-refractivity contribution in [1.29, 1.82) is 0 Å². The van der Waals surface area contributed by atoms with E-state index in [9.17, 15) is 0 Å². The number of hydrogen-bond acceptors (Lipinski definition) is 4. The van der Waals surface area contributed by atoms with Crippen LogP contribution in [0.1, 0.15) is 17.8 Å². The minimum Gasteiger partial charge on any atom is -0.312 e. The SMILES string of the molecule is Brc1cccc(-c2csc(CC3CNC4CCN3CC4)n2)c1. The number of nitrogens with zero attached hydrogens (tertiary/aromatic N) is 2. The molecule has 3 aliphatic heterocycles. The number of aromatic nitrogens is 1. The average Bonchev–Trinajstić information content (AvgIpc) is 2.83. The molecule has 5 heteroatoms. The normalized spacial score (nSPS) is 27.8. The van der Waals surface area contributed by atoms with E-state index in [4.69, 9.17) is 4.98 Å². The number of halogens is 1. The lowest BCUT2D eigenvalue weighted by Gasteiger charge is -2.31. The molecule has 3 fully saturated rings. The second-order valence-corrected chi connectivity index (χ2v) is 8.07. The van der Waals surface area contributed by atoms with Crippen LogP contribution >= 0.6 is 27.3 Å². The molecule has 3 nitrogen and oxygen atoms in total.